The van der Waals surface area contributed by atoms with E-state index in [1.807, 2.05) is 0 Å². The second-order valence-corrected chi connectivity index (χ2v) is 5.65. The summed E-state index contributed by atoms with van der Waals surface area (Å²) >= 11 is 6.30. The van der Waals surface area contributed by atoms with Crippen LogP contribution in [0.1, 0.15) is 12.0 Å². The number of rotatable bonds is 0. The molecule has 2 aliphatic rings. The van der Waals surface area contributed by atoms with Crippen molar-refractivity contribution in [3.8, 4) is 0 Å². The zero-order chi connectivity index (χ0) is 14.8. The third-order valence-electron chi connectivity index (χ3n) is 4.18. The van der Waals surface area contributed by atoms with Crippen LogP contribution < -0.4 is 16.2 Å². The first-order valence-electron chi connectivity index (χ1n) is 6.49. The van der Waals surface area contributed by atoms with E-state index in [0.717, 1.165) is 5.39 Å². The van der Waals surface area contributed by atoms with E-state index in [0.29, 0.717) is 29.1 Å². The van der Waals surface area contributed by atoms with Crippen LogP contribution in [0.25, 0.3) is 10.9 Å². The SMILES string of the molecule is O=C1NC(=O)C2(CCn3c(=O)ccc4ccc(Cl)c2c43)N1. The number of pyridine rings is 1. The Morgan fingerprint density at radius 1 is 1.14 bits per heavy atom. The van der Waals surface area contributed by atoms with Crippen LogP contribution in [0, 0.1) is 0 Å². The maximum Gasteiger partial charge on any atom is 0.322 e. The number of nitrogens with one attached hydrogen (secondary N) is 2. The predicted molar refractivity (Wildman–Crippen MR) is 76.2 cm³/mol. The molecular weight excluding hydrogens is 294 g/mol. The van der Waals surface area contributed by atoms with Crippen molar-refractivity contribution < 1.29 is 9.59 Å². The van der Waals surface area contributed by atoms with Gasteiger partial charge in [-0.2, -0.15) is 0 Å². The molecule has 1 fully saturated rings. The van der Waals surface area contributed by atoms with E-state index < -0.39 is 17.5 Å². The fourth-order valence-corrected chi connectivity index (χ4v) is 3.56. The van der Waals surface area contributed by atoms with Gasteiger partial charge in [0.2, 0.25) is 0 Å². The van der Waals surface area contributed by atoms with Gasteiger partial charge in [-0.05, 0) is 17.5 Å². The molecule has 1 spiro atoms. The summed E-state index contributed by atoms with van der Waals surface area (Å²) < 4.78 is 1.60. The van der Waals surface area contributed by atoms with Gasteiger partial charge in [-0.15, -0.1) is 0 Å². The van der Waals surface area contributed by atoms with E-state index in [4.69, 9.17) is 11.6 Å². The normalized spacial score (nSPS) is 23.5. The quantitative estimate of drug-likeness (QED) is 0.715. The number of amides is 3. The molecule has 1 aromatic heterocycles. The molecule has 106 valence electrons. The summed E-state index contributed by atoms with van der Waals surface area (Å²) in [5.74, 6) is -0.426. The van der Waals surface area contributed by atoms with Gasteiger partial charge in [0.15, 0.2) is 5.54 Å². The van der Waals surface area contributed by atoms with Crippen LogP contribution in [0.5, 0.6) is 0 Å². The molecule has 0 saturated carbocycles. The number of halogens is 1. The Morgan fingerprint density at radius 2 is 1.90 bits per heavy atom. The van der Waals surface area contributed by atoms with Gasteiger partial charge in [0.25, 0.3) is 11.5 Å². The number of urea groups is 1. The molecule has 2 N–H and O–H groups in total. The Balaban J connectivity index is 2.17. The van der Waals surface area contributed by atoms with Gasteiger partial charge in [-0.3, -0.25) is 14.9 Å². The molecule has 3 heterocycles. The first kappa shape index (κ1) is 12.4. The number of carbonyl (C=O) groups excluding carboxylic acids is 2. The molecule has 0 aliphatic carbocycles. The highest BCUT2D eigenvalue weighted by molar-refractivity contribution is 6.33. The van der Waals surface area contributed by atoms with E-state index >= 15 is 0 Å². The number of hydrogen-bond acceptors (Lipinski definition) is 3. The summed E-state index contributed by atoms with van der Waals surface area (Å²) in [6, 6.07) is 6.12. The number of benzene rings is 1. The van der Waals surface area contributed by atoms with Crippen molar-refractivity contribution in [2.45, 2.75) is 18.5 Å². The summed E-state index contributed by atoms with van der Waals surface area (Å²) in [4.78, 5) is 35.9. The lowest BCUT2D eigenvalue weighted by Crippen LogP contribution is -2.48. The topological polar surface area (TPSA) is 80.2 Å². The van der Waals surface area contributed by atoms with Crippen molar-refractivity contribution in [3.05, 3.63) is 45.2 Å². The molecule has 2 aliphatic heterocycles. The van der Waals surface area contributed by atoms with Gasteiger partial charge in [0.05, 0.1) is 5.52 Å². The second-order valence-electron chi connectivity index (χ2n) is 5.25. The standard InChI is InChI=1S/C14H10ClN3O3/c15-8-3-1-7-2-4-9(19)18-6-5-14(10(8)11(7)18)12(20)16-13(21)17-14/h1-4H,5-6H2,(H2,16,17,20,21). The minimum atomic E-state index is -1.19. The fourth-order valence-electron chi connectivity index (χ4n) is 3.25. The minimum absolute atomic E-state index is 0.148. The Bertz CT molecular complexity index is 889. The van der Waals surface area contributed by atoms with Gasteiger partial charge in [0, 0.05) is 29.6 Å². The zero-order valence-corrected chi connectivity index (χ0v) is 11.5. The van der Waals surface area contributed by atoms with Crippen LogP contribution in [-0.2, 0) is 16.9 Å². The predicted octanol–water partition coefficient (Wildman–Crippen LogP) is 1.09. The first-order chi connectivity index (χ1) is 10.0. The van der Waals surface area contributed by atoms with Crippen molar-refractivity contribution in [3.63, 3.8) is 0 Å². The average molecular weight is 304 g/mol. The molecular formula is C14H10ClN3O3. The van der Waals surface area contributed by atoms with Crippen molar-refractivity contribution >= 4 is 34.4 Å². The summed E-state index contributed by atoms with van der Waals surface area (Å²) in [6.07, 6.45) is 0.292. The lowest BCUT2D eigenvalue weighted by molar-refractivity contribution is -0.124. The summed E-state index contributed by atoms with van der Waals surface area (Å²) in [7, 11) is 0. The Kier molecular flexibility index (Phi) is 2.28. The molecule has 1 aromatic carbocycles. The zero-order valence-electron chi connectivity index (χ0n) is 10.8. The highest BCUT2D eigenvalue weighted by Gasteiger charge is 2.51. The molecule has 0 bridgehead atoms. The van der Waals surface area contributed by atoms with Crippen LogP contribution in [0.2, 0.25) is 5.02 Å². The molecule has 7 heteroatoms. The number of nitrogens with zero attached hydrogens (tertiary/aromatic N) is 1. The van der Waals surface area contributed by atoms with Crippen molar-refractivity contribution in [2.24, 2.45) is 0 Å². The van der Waals surface area contributed by atoms with E-state index in [1.165, 1.54) is 6.07 Å². The molecule has 1 unspecified atom stereocenters. The highest BCUT2D eigenvalue weighted by atomic mass is 35.5. The molecule has 2 aromatic rings. The Hall–Kier alpha value is -2.34. The summed E-state index contributed by atoms with van der Waals surface area (Å²) in [5.41, 5.74) is -0.236. The van der Waals surface area contributed by atoms with Crippen molar-refractivity contribution in [1.29, 1.82) is 0 Å². The second kappa shape index (κ2) is 3.85. The molecule has 3 amide bonds. The third kappa shape index (κ3) is 1.45. The van der Waals surface area contributed by atoms with Crippen molar-refractivity contribution in [1.82, 2.24) is 15.2 Å². The maximum absolute atomic E-state index is 12.3. The van der Waals surface area contributed by atoms with Crippen LogP contribution in [0.15, 0.2) is 29.1 Å². The number of hydrogen-bond donors (Lipinski definition) is 2. The fraction of sp³-hybridized carbons (Fsp3) is 0.214. The molecule has 21 heavy (non-hydrogen) atoms. The van der Waals surface area contributed by atoms with E-state index in [9.17, 15) is 14.4 Å². The largest absolute Gasteiger partial charge is 0.322 e. The molecule has 0 radical (unpaired) electrons. The van der Waals surface area contributed by atoms with Gasteiger partial charge in [0.1, 0.15) is 0 Å². The van der Waals surface area contributed by atoms with Crippen LogP contribution in [-0.4, -0.2) is 16.5 Å². The van der Waals surface area contributed by atoms with Gasteiger partial charge >= 0.3 is 6.03 Å². The van der Waals surface area contributed by atoms with Crippen LogP contribution in [0.4, 0.5) is 4.79 Å². The minimum Gasteiger partial charge on any atom is -0.319 e. The summed E-state index contributed by atoms with van der Waals surface area (Å²) in [5, 5.41) is 6.11. The number of aromatic nitrogens is 1. The number of aryl methyl sites for hydroxylation is 1. The molecule has 1 saturated heterocycles. The van der Waals surface area contributed by atoms with Gasteiger partial charge in [-0.25, -0.2) is 4.79 Å². The maximum atomic E-state index is 12.3. The summed E-state index contributed by atoms with van der Waals surface area (Å²) in [6.45, 7) is 0.344. The van der Waals surface area contributed by atoms with E-state index in [-0.39, 0.29) is 5.56 Å². The van der Waals surface area contributed by atoms with E-state index in [1.54, 1.807) is 22.8 Å². The van der Waals surface area contributed by atoms with Gasteiger partial charge in [-0.1, -0.05) is 17.7 Å². The number of carbonyl (C=O) groups is 2. The molecule has 4 rings (SSSR count). The number of imide groups is 1. The third-order valence-corrected chi connectivity index (χ3v) is 4.49. The lowest BCUT2D eigenvalue weighted by Gasteiger charge is -2.34. The van der Waals surface area contributed by atoms with Crippen LogP contribution in [0.3, 0.4) is 0 Å². The monoisotopic (exact) mass is 303 g/mol. The van der Waals surface area contributed by atoms with Crippen molar-refractivity contribution in [2.75, 3.05) is 0 Å². The number of fused-ring (bicyclic) bond motifs is 1. The van der Waals surface area contributed by atoms with Gasteiger partial charge < -0.3 is 9.88 Å². The smallest absolute Gasteiger partial charge is 0.319 e. The first-order valence-corrected chi connectivity index (χ1v) is 6.87. The van der Waals surface area contributed by atoms with E-state index in [2.05, 4.69) is 10.6 Å². The molecule has 1 atom stereocenters. The Morgan fingerprint density at radius 3 is 2.62 bits per heavy atom. The highest BCUT2D eigenvalue weighted by Crippen LogP contribution is 2.41. The Labute approximate surface area is 123 Å². The van der Waals surface area contributed by atoms with Crippen LogP contribution >= 0.6 is 11.6 Å². The average Bonchev–Trinajstić information content (AvgIpc) is 2.72. The molecule has 6 nitrogen and oxygen atoms in total. The lowest BCUT2D eigenvalue weighted by atomic mass is 9.82.